The molecule has 1 aliphatic rings. The molecule has 1 aromatic carbocycles. The first-order valence-electron chi connectivity index (χ1n) is 5.93. The van der Waals surface area contributed by atoms with Crippen molar-refractivity contribution < 1.29 is 4.79 Å². The van der Waals surface area contributed by atoms with Gasteiger partial charge >= 0.3 is 0 Å². The minimum Gasteiger partial charge on any atom is -0.352 e. The smallest absolute Gasteiger partial charge is 0.252 e. The third-order valence-electron chi connectivity index (χ3n) is 3.20. The summed E-state index contributed by atoms with van der Waals surface area (Å²) in [5.74, 6) is 0.476. The third kappa shape index (κ3) is 3.72. The van der Waals surface area contributed by atoms with E-state index in [0.717, 1.165) is 28.2 Å². The fourth-order valence-electron chi connectivity index (χ4n) is 2.20. The molecule has 0 saturated heterocycles. The first kappa shape index (κ1) is 14.4. The lowest BCUT2D eigenvalue weighted by molar-refractivity contribution is 0.0946. The first-order chi connectivity index (χ1) is 8.56. The molecule has 0 spiro atoms. The van der Waals surface area contributed by atoms with Crippen LogP contribution in [0.4, 0.5) is 0 Å². The lowest BCUT2D eigenvalue weighted by Gasteiger charge is -2.11. The molecule has 0 bridgehead atoms. The van der Waals surface area contributed by atoms with Gasteiger partial charge in [-0.15, -0.1) is 11.6 Å². The number of nitrogens with one attached hydrogen (secondary N) is 1. The summed E-state index contributed by atoms with van der Waals surface area (Å²) in [5.41, 5.74) is 0.657. The summed E-state index contributed by atoms with van der Waals surface area (Å²) >= 11 is 12.8. The molecule has 1 N–H and O–H groups in total. The van der Waals surface area contributed by atoms with E-state index in [1.54, 1.807) is 0 Å². The molecule has 2 nitrogen and oxygen atoms in total. The standard InChI is InChI=1S/C13H14Br2ClNO/c14-9-2-4-12(15)11(6-9)13(18)17-7-8-1-3-10(16)5-8/h2,4,6,8,10H,1,3,5,7H2,(H,17,18). The Morgan fingerprint density at radius 2 is 2.17 bits per heavy atom. The van der Waals surface area contributed by atoms with Crippen LogP contribution in [-0.2, 0) is 0 Å². The second kappa shape index (κ2) is 6.40. The number of hydrogen-bond acceptors (Lipinski definition) is 1. The Morgan fingerprint density at radius 3 is 2.83 bits per heavy atom. The van der Waals surface area contributed by atoms with Crippen LogP contribution < -0.4 is 5.32 Å². The summed E-state index contributed by atoms with van der Waals surface area (Å²) in [5, 5.41) is 3.26. The lowest BCUT2D eigenvalue weighted by Crippen LogP contribution is -2.28. The number of carbonyl (C=O) groups is 1. The van der Waals surface area contributed by atoms with Crippen molar-refractivity contribution in [1.29, 1.82) is 0 Å². The highest BCUT2D eigenvalue weighted by molar-refractivity contribution is 9.11. The second-order valence-electron chi connectivity index (χ2n) is 4.61. The molecule has 2 atom stereocenters. The molecule has 0 heterocycles. The van der Waals surface area contributed by atoms with Crippen molar-refractivity contribution in [1.82, 2.24) is 5.32 Å². The van der Waals surface area contributed by atoms with Crippen LogP contribution in [0.5, 0.6) is 0 Å². The van der Waals surface area contributed by atoms with Crippen molar-refractivity contribution in [3.05, 3.63) is 32.7 Å². The maximum Gasteiger partial charge on any atom is 0.252 e. The van der Waals surface area contributed by atoms with Crippen molar-refractivity contribution in [2.75, 3.05) is 6.54 Å². The number of alkyl halides is 1. The van der Waals surface area contributed by atoms with E-state index in [4.69, 9.17) is 11.6 Å². The maximum absolute atomic E-state index is 12.1. The van der Waals surface area contributed by atoms with Gasteiger partial charge in [-0.25, -0.2) is 0 Å². The van der Waals surface area contributed by atoms with Gasteiger partial charge in [0.2, 0.25) is 0 Å². The normalized spacial score (nSPS) is 23.1. The zero-order chi connectivity index (χ0) is 13.1. The number of amides is 1. The molecule has 2 unspecified atom stereocenters. The van der Waals surface area contributed by atoms with E-state index in [-0.39, 0.29) is 11.3 Å². The Bertz CT molecular complexity index is 453. The fraction of sp³-hybridized carbons (Fsp3) is 0.462. The van der Waals surface area contributed by atoms with E-state index < -0.39 is 0 Å². The minimum atomic E-state index is -0.0406. The van der Waals surface area contributed by atoms with Gasteiger partial charge in [-0.2, -0.15) is 0 Å². The minimum absolute atomic E-state index is 0.0406. The van der Waals surface area contributed by atoms with Crippen molar-refractivity contribution in [3.63, 3.8) is 0 Å². The molecule has 1 amide bonds. The Hall–Kier alpha value is -0.0600. The van der Waals surface area contributed by atoms with E-state index in [9.17, 15) is 4.79 Å². The Labute approximate surface area is 129 Å². The van der Waals surface area contributed by atoms with Gasteiger partial charge in [0.15, 0.2) is 0 Å². The number of rotatable bonds is 3. The SMILES string of the molecule is O=C(NCC1CCC(Cl)C1)c1cc(Br)ccc1Br. The zero-order valence-electron chi connectivity index (χ0n) is 9.76. The molecule has 1 aromatic rings. The van der Waals surface area contributed by atoms with Gasteiger partial charge in [-0.1, -0.05) is 15.9 Å². The van der Waals surface area contributed by atoms with Gasteiger partial charge < -0.3 is 5.32 Å². The molecule has 98 valence electrons. The van der Waals surface area contributed by atoms with E-state index in [1.165, 1.54) is 0 Å². The molecule has 1 saturated carbocycles. The number of carbonyl (C=O) groups excluding carboxylic acids is 1. The monoisotopic (exact) mass is 393 g/mol. The van der Waals surface area contributed by atoms with E-state index in [2.05, 4.69) is 37.2 Å². The lowest BCUT2D eigenvalue weighted by atomic mass is 10.1. The molecule has 2 rings (SSSR count). The van der Waals surface area contributed by atoms with Crippen LogP contribution >= 0.6 is 43.5 Å². The second-order valence-corrected chi connectivity index (χ2v) is 7.00. The van der Waals surface area contributed by atoms with E-state index >= 15 is 0 Å². The third-order valence-corrected chi connectivity index (χ3v) is 4.78. The molecule has 18 heavy (non-hydrogen) atoms. The van der Waals surface area contributed by atoms with Crippen LogP contribution in [0.3, 0.4) is 0 Å². The van der Waals surface area contributed by atoms with Crippen molar-refractivity contribution >= 4 is 49.4 Å². The molecular formula is C13H14Br2ClNO. The van der Waals surface area contributed by atoms with Crippen molar-refractivity contribution in [2.45, 2.75) is 24.6 Å². The maximum atomic E-state index is 12.1. The molecule has 0 aliphatic heterocycles. The largest absolute Gasteiger partial charge is 0.352 e. The molecule has 1 fully saturated rings. The number of halogens is 3. The van der Waals surface area contributed by atoms with Crippen LogP contribution in [0.2, 0.25) is 0 Å². The summed E-state index contributed by atoms with van der Waals surface area (Å²) in [6.45, 7) is 0.709. The fourth-order valence-corrected chi connectivity index (χ4v) is 3.37. The van der Waals surface area contributed by atoms with Crippen LogP contribution in [0.15, 0.2) is 27.1 Å². The summed E-state index contributed by atoms with van der Waals surface area (Å²) in [4.78, 5) is 12.1. The van der Waals surface area contributed by atoms with Gasteiger partial charge in [0.1, 0.15) is 0 Å². The van der Waals surface area contributed by atoms with Crippen molar-refractivity contribution in [2.24, 2.45) is 5.92 Å². The quantitative estimate of drug-likeness (QED) is 0.758. The van der Waals surface area contributed by atoms with Crippen molar-refractivity contribution in [3.8, 4) is 0 Å². The Kier molecular flexibility index (Phi) is 5.10. The Morgan fingerprint density at radius 1 is 1.39 bits per heavy atom. The van der Waals surface area contributed by atoms with E-state index in [0.29, 0.717) is 18.0 Å². The number of benzene rings is 1. The summed E-state index contributed by atoms with van der Waals surface area (Å²) in [7, 11) is 0. The van der Waals surface area contributed by atoms with Crippen LogP contribution in [0.1, 0.15) is 29.6 Å². The molecule has 5 heteroatoms. The average Bonchev–Trinajstić information content (AvgIpc) is 2.75. The van der Waals surface area contributed by atoms with Gasteiger partial charge in [0.05, 0.1) is 5.56 Å². The highest BCUT2D eigenvalue weighted by Crippen LogP contribution is 2.29. The van der Waals surface area contributed by atoms with Gasteiger partial charge in [-0.05, 0) is 59.3 Å². The molecule has 0 radical (unpaired) electrons. The van der Waals surface area contributed by atoms with E-state index in [1.807, 2.05) is 18.2 Å². The summed E-state index contributed by atoms with van der Waals surface area (Å²) in [6, 6.07) is 5.58. The first-order valence-corrected chi connectivity index (χ1v) is 7.96. The number of hydrogen-bond donors (Lipinski definition) is 1. The highest BCUT2D eigenvalue weighted by Gasteiger charge is 2.23. The zero-order valence-corrected chi connectivity index (χ0v) is 13.7. The average molecular weight is 396 g/mol. The molecular weight excluding hydrogens is 381 g/mol. The topological polar surface area (TPSA) is 29.1 Å². The predicted octanol–water partition coefficient (Wildman–Crippen LogP) is 4.35. The summed E-state index contributed by atoms with van der Waals surface area (Å²) < 4.78 is 1.71. The van der Waals surface area contributed by atoms with Gasteiger partial charge in [0, 0.05) is 20.9 Å². The van der Waals surface area contributed by atoms with Crippen LogP contribution in [0, 0.1) is 5.92 Å². The van der Waals surface area contributed by atoms with Crippen LogP contribution in [-0.4, -0.2) is 17.8 Å². The molecule has 0 aromatic heterocycles. The predicted molar refractivity (Wildman–Crippen MR) is 81.2 cm³/mol. The van der Waals surface area contributed by atoms with Gasteiger partial charge in [-0.3, -0.25) is 4.79 Å². The summed E-state index contributed by atoms with van der Waals surface area (Å²) in [6.07, 6.45) is 3.16. The highest BCUT2D eigenvalue weighted by atomic mass is 79.9. The Balaban J connectivity index is 1.93. The van der Waals surface area contributed by atoms with Crippen LogP contribution in [0.25, 0.3) is 0 Å². The molecule has 1 aliphatic carbocycles. The van der Waals surface area contributed by atoms with Gasteiger partial charge in [0.25, 0.3) is 5.91 Å².